The van der Waals surface area contributed by atoms with E-state index in [9.17, 15) is 4.79 Å². The van der Waals surface area contributed by atoms with Crippen LogP contribution < -0.4 is 16.2 Å². The highest BCUT2D eigenvalue weighted by Gasteiger charge is 2.07. The van der Waals surface area contributed by atoms with Crippen molar-refractivity contribution in [2.45, 2.75) is 12.8 Å². The summed E-state index contributed by atoms with van der Waals surface area (Å²) < 4.78 is 5.17. The molecule has 0 heterocycles. The molecule has 1 rings (SSSR count). The van der Waals surface area contributed by atoms with Crippen LogP contribution in [0.5, 0.6) is 5.75 Å². The second-order valence-electron chi connectivity index (χ2n) is 3.43. The summed E-state index contributed by atoms with van der Waals surface area (Å²) in [5, 5.41) is 0. The normalized spacial score (nSPS) is 9.81. The average Bonchev–Trinajstić information content (AvgIpc) is 2.16. The zero-order chi connectivity index (χ0) is 12.1. The zero-order valence-electron chi connectivity index (χ0n) is 9.03. The van der Waals surface area contributed by atoms with Crippen molar-refractivity contribution in [2.24, 2.45) is 11.5 Å². The van der Waals surface area contributed by atoms with Crippen LogP contribution in [-0.4, -0.2) is 18.0 Å². The maximum atomic E-state index is 10.8. The van der Waals surface area contributed by atoms with Crippen LogP contribution in [0, 0.1) is 0 Å². The first-order valence-electron chi connectivity index (χ1n) is 4.75. The lowest BCUT2D eigenvalue weighted by atomic mass is 10.0. The Labute approximate surface area is 99.6 Å². The first-order chi connectivity index (χ1) is 7.52. The van der Waals surface area contributed by atoms with Crippen LogP contribution >= 0.6 is 12.2 Å². The lowest BCUT2D eigenvalue weighted by Crippen LogP contribution is -2.15. The van der Waals surface area contributed by atoms with E-state index >= 15 is 0 Å². The summed E-state index contributed by atoms with van der Waals surface area (Å²) >= 11 is 4.85. The molecule has 0 spiro atoms. The van der Waals surface area contributed by atoms with Gasteiger partial charge in [0.1, 0.15) is 5.75 Å². The van der Waals surface area contributed by atoms with Gasteiger partial charge in [0.25, 0.3) is 0 Å². The minimum Gasteiger partial charge on any atom is -0.496 e. The number of carbonyl (C=O) groups is 1. The van der Waals surface area contributed by atoms with E-state index in [4.69, 9.17) is 28.4 Å². The SMILES string of the molecule is COc1ccc(CC(N)=O)cc1CC(N)=S. The molecule has 0 aromatic heterocycles. The van der Waals surface area contributed by atoms with Gasteiger partial charge in [0.2, 0.25) is 5.91 Å². The minimum atomic E-state index is -0.369. The van der Waals surface area contributed by atoms with Gasteiger partial charge in [-0.25, -0.2) is 0 Å². The summed E-state index contributed by atoms with van der Waals surface area (Å²) in [5.41, 5.74) is 12.3. The van der Waals surface area contributed by atoms with E-state index < -0.39 is 0 Å². The minimum absolute atomic E-state index is 0.203. The molecule has 16 heavy (non-hydrogen) atoms. The Morgan fingerprint density at radius 1 is 1.38 bits per heavy atom. The molecule has 0 aliphatic heterocycles. The quantitative estimate of drug-likeness (QED) is 0.734. The summed E-state index contributed by atoms with van der Waals surface area (Å²) in [5.74, 6) is 0.340. The van der Waals surface area contributed by atoms with Crippen LogP contribution in [0.15, 0.2) is 18.2 Å². The first-order valence-corrected chi connectivity index (χ1v) is 5.16. The second kappa shape index (κ2) is 5.46. The van der Waals surface area contributed by atoms with Crippen molar-refractivity contribution in [3.8, 4) is 5.75 Å². The fourth-order valence-corrected chi connectivity index (χ4v) is 1.62. The first kappa shape index (κ1) is 12.4. The molecule has 0 saturated carbocycles. The molecular formula is C11H14N2O2S. The van der Waals surface area contributed by atoms with Crippen LogP contribution in [0.1, 0.15) is 11.1 Å². The number of thiocarbonyl (C=S) groups is 1. The van der Waals surface area contributed by atoms with E-state index in [0.29, 0.717) is 17.2 Å². The Bertz CT molecular complexity index is 418. The number of rotatable bonds is 5. The largest absolute Gasteiger partial charge is 0.496 e. The van der Waals surface area contributed by atoms with E-state index in [1.807, 2.05) is 6.07 Å². The molecule has 1 aromatic rings. The highest BCUT2D eigenvalue weighted by molar-refractivity contribution is 7.80. The Morgan fingerprint density at radius 2 is 2.06 bits per heavy atom. The molecule has 0 fully saturated rings. The van der Waals surface area contributed by atoms with Crippen LogP contribution in [0.4, 0.5) is 0 Å². The van der Waals surface area contributed by atoms with Gasteiger partial charge in [-0.15, -0.1) is 0 Å². The third kappa shape index (κ3) is 3.51. The third-order valence-electron chi connectivity index (χ3n) is 2.09. The van der Waals surface area contributed by atoms with Gasteiger partial charge in [-0.1, -0.05) is 24.4 Å². The van der Waals surface area contributed by atoms with Crippen LogP contribution in [0.2, 0.25) is 0 Å². The van der Waals surface area contributed by atoms with Crippen molar-refractivity contribution >= 4 is 23.1 Å². The van der Waals surface area contributed by atoms with Crippen LogP contribution in [0.3, 0.4) is 0 Å². The Morgan fingerprint density at radius 3 is 2.56 bits per heavy atom. The highest BCUT2D eigenvalue weighted by Crippen LogP contribution is 2.20. The Hall–Kier alpha value is -1.62. The van der Waals surface area contributed by atoms with Crippen molar-refractivity contribution in [2.75, 3.05) is 7.11 Å². The second-order valence-corrected chi connectivity index (χ2v) is 3.96. The topological polar surface area (TPSA) is 78.3 Å². The van der Waals surface area contributed by atoms with Gasteiger partial charge < -0.3 is 16.2 Å². The fraction of sp³-hybridized carbons (Fsp3) is 0.273. The Balaban J connectivity index is 3.00. The molecule has 86 valence electrons. The molecule has 0 unspecified atom stereocenters. The van der Waals surface area contributed by atoms with Crippen LogP contribution in [0.25, 0.3) is 0 Å². The molecule has 4 N–H and O–H groups in total. The molecule has 0 atom stereocenters. The summed E-state index contributed by atoms with van der Waals surface area (Å²) in [6.45, 7) is 0. The van der Waals surface area contributed by atoms with E-state index in [0.717, 1.165) is 11.1 Å². The van der Waals surface area contributed by atoms with Gasteiger partial charge in [0.15, 0.2) is 0 Å². The van der Waals surface area contributed by atoms with E-state index in [2.05, 4.69) is 0 Å². The number of hydrogen-bond donors (Lipinski definition) is 2. The maximum absolute atomic E-state index is 10.8. The van der Waals surface area contributed by atoms with Gasteiger partial charge in [-0.3, -0.25) is 4.79 Å². The molecular weight excluding hydrogens is 224 g/mol. The number of hydrogen-bond acceptors (Lipinski definition) is 3. The molecule has 1 amide bonds. The smallest absolute Gasteiger partial charge is 0.221 e. The number of amides is 1. The lowest BCUT2D eigenvalue weighted by molar-refractivity contribution is -0.117. The van der Waals surface area contributed by atoms with E-state index in [-0.39, 0.29) is 12.3 Å². The average molecular weight is 238 g/mol. The summed E-state index contributed by atoms with van der Waals surface area (Å²) in [7, 11) is 1.58. The van der Waals surface area contributed by atoms with Gasteiger partial charge >= 0.3 is 0 Å². The number of ether oxygens (including phenoxy) is 1. The van der Waals surface area contributed by atoms with Crippen LogP contribution in [-0.2, 0) is 17.6 Å². The predicted octanol–water partition coefficient (Wildman–Crippen LogP) is 0.552. The molecule has 5 heteroatoms. The van der Waals surface area contributed by atoms with Gasteiger partial charge in [-0.2, -0.15) is 0 Å². The van der Waals surface area contributed by atoms with Crippen molar-refractivity contribution < 1.29 is 9.53 Å². The standard InChI is InChI=1S/C11H14N2O2S/c1-15-9-3-2-7(5-10(12)14)4-8(9)6-11(13)16/h2-4H,5-6H2,1H3,(H2,12,14)(H2,13,16). The predicted molar refractivity (Wildman–Crippen MR) is 66.4 cm³/mol. The van der Waals surface area contributed by atoms with Crippen molar-refractivity contribution in [1.29, 1.82) is 0 Å². The number of carbonyl (C=O) groups excluding carboxylic acids is 1. The van der Waals surface area contributed by atoms with Crippen molar-refractivity contribution in [1.82, 2.24) is 0 Å². The maximum Gasteiger partial charge on any atom is 0.221 e. The summed E-state index contributed by atoms with van der Waals surface area (Å²) in [6.07, 6.45) is 0.652. The molecule has 1 aromatic carbocycles. The number of nitrogens with two attached hydrogens (primary N) is 2. The van der Waals surface area contributed by atoms with E-state index in [1.54, 1.807) is 19.2 Å². The van der Waals surface area contributed by atoms with Gasteiger partial charge in [-0.05, 0) is 11.6 Å². The summed E-state index contributed by atoms with van der Waals surface area (Å²) in [6, 6.07) is 5.42. The Kier molecular flexibility index (Phi) is 4.25. The van der Waals surface area contributed by atoms with E-state index in [1.165, 1.54) is 0 Å². The molecule has 0 bridgehead atoms. The zero-order valence-corrected chi connectivity index (χ0v) is 9.84. The summed E-state index contributed by atoms with van der Waals surface area (Å²) in [4.78, 5) is 11.2. The van der Waals surface area contributed by atoms with Gasteiger partial charge in [0.05, 0.1) is 18.5 Å². The van der Waals surface area contributed by atoms with Crippen molar-refractivity contribution in [3.63, 3.8) is 0 Å². The molecule has 0 saturated heterocycles. The number of methoxy groups -OCH3 is 1. The lowest BCUT2D eigenvalue weighted by Gasteiger charge is -2.09. The van der Waals surface area contributed by atoms with Gasteiger partial charge in [0, 0.05) is 12.0 Å². The highest BCUT2D eigenvalue weighted by atomic mass is 32.1. The molecule has 0 radical (unpaired) electrons. The third-order valence-corrected chi connectivity index (χ3v) is 2.23. The fourth-order valence-electron chi connectivity index (χ4n) is 1.47. The number of benzene rings is 1. The molecule has 4 nitrogen and oxygen atoms in total. The molecule has 0 aliphatic rings. The van der Waals surface area contributed by atoms with Crippen molar-refractivity contribution in [3.05, 3.63) is 29.3 Å². The monoisotopic (exact) mass is 238 g/mol. The molecule has 0 aliphatic carbocycles. The number of primary amides is 1.